The maximum Gasteiger partial charge on any atom is 0.311 e. The molecule has 24 heavy (non-hydrogen) atoms. The van der Waals surface area contributed by atoms with Crippen LogP contribution in [0.15, 0.2) is 54.1 Å². The highest BCUT2D eigenvalue weighted by atomic mass is 127. The van der Waals surface area contributed by atoms with E-state index in [1.54, 1.807) is 12.1 Å². The molecule has 2 nitrogen and oxygen atoms in total. The molecule has 0 amide bonds. The first kappa shape index (κ1) is 18.6. The van der Waals surface area contributed by atoms with Crippen LogP contribution in [0.1, 0.15) is 31.4 Å². The molecule has 0 bridgehead atoms. The Balaban J connectivity index is 2.00. The van der Waals surface area contributed by atoms with Crippen molar-refractivity contribution >= 4 is 28.6 Å². The van der Waals surface area contributed by atoms with Crippen LogP contribution < -0.4 is 4.74 Å². The fourth-order valence-electron chi connectivity index (χ4n) is 2.19. The summed E-state index contributed by atoms with van der Waals surface area (Å²) in [5.41, 5.74) is 3.14. The minimum atomic E-state index is -0.279. The Morgan fingerprint density at radius 3 is 2.54 bits per heavy atom. The van der Waals surface area contributed by atoms with Crippen LogP contribution in [0, 0.1) is 9.39 Å². The van der Waals surface area contributed by atoms with Gasteiger partial charge < -0.3 is 4.74 Å². The van der Waals surface area contributed by atoms with Crippen molar-refractivity contribution in [2.24, 2.45) is 0 Å². The lowest BCUT2D eigenvalue weighted by molar-refractivity contribution is -0.134. The maximum atomic E-state index is 12.9. The minimum absolute atomic E-state index is 0.264. The van der Waals surface area contributed by atoms with Gasteiger partial charge in [0.2, 0.25) is 0 Å². The molecule has 2 aromatic carbocycles. The summed E-state index contributed by atoms with van der Waals surface area (Å²) >= 11 is 2.25. The van der Waals surface area contributed by atoms with Gasteiger partial charge in [-0.15, -0.1) is 0 Å². The van der Waals surface area contributed by atoms with E-state index >= 15 is 0 Å². The largest absolute Gasteiger partial charge is 0.426 e. The summed E-state index contributed by atoms with van der Waals surface area (Å²) < 4.78 is 19.5. The van der Waals surface area contributed by atoms with Gasteiger partial charge in [0.25, 0.3) is 0 Å². The van der Waals surface area contributed by atoms with Crippen molar-refractivity contribution in [1.29, 1.82) is 0 Å². The number of benzene rings is 2. The zero-order valence-corrected chi connectivity index (χ0v) is 16.0. The molecule has 0 N–H and O–H groups in total. The number of ether oxygens (including phenoxy) is 1. The molecule has 0 fully saturated rings. The van der Waals surface area contributed by atoms with Crippen LogP contribution in [0.2, 0.25) is 0 Å². The second-order valence-corrected chi connectivity index (χ2v) is 7.08. The SMILES string of the molecule is CC(C)=CCc1cc(I)ccc1OC(=O)CCc1ccc(F)cc1. The van der Waals surface area contributed by atoms with Crippen molar-refractivity contribution in [2.75, 3.05) is 0 Å². The van der Waals surface area contributed by atoms with Crippen LogP contribution in [0.5, 0.6) is 5.75 Å². The predicted molar refractivity (Wildman–Crippen MR) is 103 cm³/mol. The molecule has 0 saturated carbocycles. The first-order valence-electron chi connectivity index (χ1n) is 7.81. The first-order chi connectivity index (χ1) is 11.4. The van der Waals surface area contributed by atoms with Crippen molar-refractivity contribution in [2.45, 2.75) is 33.1 Å². The molecular formula is C20H20FIO2. The van der Waals surface area contributed by atoms with Crippen LogP contribution >= 0.6 is 22.6 Å². The lowest BCUT2D eigenvalue weighted by Crippen LogP contribution is -2.10. The van der Waals surface area contributed by atoms with Gasteiger partial charge in [0.1, 0.15) is 11.6 Å². The molecule has 2 rings (SSSR count). The molecule has 0 saturated heterocycles. The van der Waals surface area contributed by atoms with E-state index in [0.29, 0.717) is 12.2 Å². The predicted octanol–water partition coefficient (Wildman–Crippen LogP) is 5.48. The molecule has 4 heteroatoms. The van der Waals surface area contributed by atoms with Crippen LogP contribution in [-0.4, -0.2) is 5.97 Å². The molecule has 0 aliphatic rings. The number of rotatable bonds is 6. The summed E-state index contributed by atoms with van der Waals surface area (Å²) in [6, 6.07) is 12.0. The summed E-state index contributed by atoms with van der Waals surface area (Å²) in [6.07, 6.45) is 3.65. The quantitative estimate of drug-likeness (QED) is 0.259. The standard InChI is InChI=1S/C20H20FIO2/c1-14(2)3-7-16-13-18(22)10-11-19(16)24-20(23)12-6-15-4-8-17(21)9-5-15/h3-5,8-11,13H,6-7,12H2,1-2H3. The van der Waals surface area contributed by atoms with E-state index in [4.69, 9.17) is 4.74 Å². The van der Waals surface area contributed by atoms with E-state index < -0.39 is 0 Å². The van der Waals surface area contributed by atoms with Gasteiger partial charge in [0, 0.05) is 9.99 Å². The lowest BCUT2D eigenvalue weighted by atomic mass is 10.1. The Morgan fingerprint density at radius 1 is 1.17 bits per heavy atom. The molecule has 0 spiro atoms. The van der Waals surface area contributed by atoms with Gasteiger partial charge >= 0.3 is 5.97 Å². The van der Waals surface area contributed by atoms with Crippen LogP contribution in [0.4, 0.5) is 4.39 Å². The Labute approximate surface area is 155 Å². The number of esters is 1. The van der Waals surface area contributed by atoms with Gasteiger partial charge in [-0.25, -0.2) is 4.39 Å². The third kappa shape index (κ3) is 6.07. The van der Waals surface area contributed by atoms with E-state index in [1.807, 2.05) is 32.0 Å². The van der Waals surface area contributed by atoms with Crippen LogP contribution in [0.3, 0.4) is 0 Å². The second-order valence-electron chi connectivity index (χ2n) is 5.84. The number of halogens is 2. The number of carbonyl (C=O) groups is 1. The number of hydrogen-bond acceptors (Lipinski definition) is 2. The van der Waals surface area contributed by atoms with Gasteiger partial charge in [-0.05, 0) is 90.7 Å². The lowest BCUT2D eigenvalue weighted by Gasteiger charge is -2.10. The summed E-state index contributed by atoms with van der Waals surface area (Å²) in [7, 11) is 0. The van der Waals surface area contributed by atoms with Crippen LogP contribution in [0.25, 0.3) is 0 Å². The molecule has 126 valence electrons. The fourth-order valence-corrected chi connectivity index (χ4v) is 2.75. The normalized spacial score (nSPS) is 10.3. The van der Waals surface area contributed by atoms with Crippen molar-refractivity contribution in [1.82, 2.24) is 0 Å². The summed E-state index contributed by atoms with van der Waals surface area (Å²) in [5.74, 6) is 0.0557. The monoisotopic (exact) mass is 438 g/mol. The molecule has 0 aromatic heterocycles. The van der Waals surface area contributed by atoms with E-state index in [9.17, 15) is 9.18 Å². The topological polar surface area (TPSA) is 26.3 Å². The minimum Gasteiger partial charge on any atom is -0.426 e. The number of hydrogen-bond donors (Lipinski definition) is 0. The average Bonchev–Trinajstić information content (AvgIpc) is 2.54. The van der Waals surface area contributed by atoms with Crippen molar-refractivity contribution in [3.8, 4) is 5.75 Å². The van der Waals surface area contributed by atoms with E-state index in [-0.39, 0.29) is 18.2 Å². The van der Waals surface area contributed by atoms with Crippen molar-refractivity contribution < 1.29 is 13.9 Å². The van der Waals surface area contributed by atoms with Gasteiger partial charge in [-0.1, -0.05) is 23.8 Å². The Bertz CT molecular complexity index is 732. The Kier molecular flexibility index (Phi) is 6.97. The highest BCUT2D eigenvalue weighted by Gasteiger charge is 2.10. The molecular weight excluding hydrogens is 418 g/mol. The smallest absolute Gasteiger partial charge is 0.311 e. The highest BCUT2D eigenvalue weighted by Crippen LogP contribution is 2.23. The van der Waals surface area contributed by atoms with E-state index in [1.165, 1.54) is 17.7 Å². The molecule has 0 heterocycles. The van der Waals surface area contributed by atoms with E-state index in [2.05, 4.69) is 28.7 Å². The molecule has 0 atom stereocenters. The number of aryl methyl sites for hydroxylation is 1. The summed E-state index contributed by atoms with van der Waals surface area (Å²) in [5, 5.41) is 0. The molecule has 0 radical (unpaired) electrons. The molecule has 0 unspecified atom stereocenters. The van der Waals surface area contributed by atoms with Crippen molar-refractivity contribution in [3.05, 3.63) is 74.6 Å². The number of allylic oxidation sites excluding steroid dienone is 2. The van der Waals surface area contributed by atoms with Gasteiger partial charge in [0.05, 0.1) is 0 Å². The molecule has 2 aromatic rings. The average molecular weight is 438 g/mol. The third-order valence-corrected chi connectivity index (χ3v) is 4.18. The van der Waals surface area contributed by atoms with Crippen molar-refractivity contribution in [3.63, 3.8) is 0 Å². The molecule has 0 aliphatic carbocycles. The number of carbonyl (C=O) groups excluding carboxylic acids is 1. The van der Waals surface area contributed by atoms with Gasteiger partial charge in [0.15, 0.2) is 0 Å². The fraction of sp³-hybridized carbons (Fsp3) is 0.250. The first-order valence-corrected chi connectivity index (χ1v) is 8.89. The maximum absolute atomic E-state index is 12.9. The Morgan fingerprint density at radius 2 is 1.88 bits per heavy atom. The highest BCUT2D eigenvalue weighted by molar-refractivity contribution is 14.1. The van der Waals surface area contributed by atoms with Gasteiger partial charge in [-0.3, -0.25) is 4.79 Å². The van der Waals surface area contributed by atoms with Gasteiger partial charge in [-0.2, -0.15) is 0 Å². The van der Waals surface area contributed by atoms with Crippen LogP contribution in [-0.2, 0) is 17.6 Å². The zero-order valence-electron chi connectivity index (χ0n) is 13.8. The summed E-state index contributed by atoms with van der Waals surface area (Å²) in [6.45, 7) is 4.09. The molecule has 0 aliphatic heterocycles. The zero-order chi connectivity index (χ0) is 17.5. The third-order valence-electron chi connectivity index (χ3n) is 3.51. The van der Waals surface area contributed by atoms with E-state index in [0.717, 1.165) is 21.1 Å². The second kappa shape index (κ2) is 8.97. The summed E-state index contributed by atoms with van der Waals surface area (Å²) in [4.78, 5) is 12.1. The Hall–Kier alpha value is -1.69.